The zero-order chi connectivity index (χ0) is 17.3. The summed E-state index contributed by atoms with van der Waals surface area (Å²) in [6.07, 6.45) is -1.66. The number of sulfone groups is 2. The molecule has 0 aromatic carbocycles. The van der Waals surface area contributed by atoms with Crippen LogP contribution in [-0.4, -0.2) is 78.0 Å². The Morgan fingerprint density at radius 3 is 2.00 bits per heavy atom. The minimum atomic E-state index is -4.07. The van der Waals surface area contributed by atoms with Crippen molar-refractivity contribution >= 4 is 54.9 Å². The molecule has 1 saturated heterocycles. The number of hydrogen-bond acceptors (Lipinski definition) is 6. The van der Waals surface area contributed by atoms with Crippen molar-refractivity contribution in [3.05, 3.63) is 0 Å². The largest absolute Gasteiger partial charge is 0.480 e. The number of likely N-dealkylation sites (tertiary alicyclic amines) is 1. The van der Waals surface area contributed by atoms with Gasteiger partial charge in [-0.25, -0.2) is 26.4 Å². The molecule has 0 aromatic heterocycles. The summed E-state index contributed by atoms with van der Waals surface area (Å²) in [5, 5.41) is 14.9. The summed E-state index contributed by atoms with van der Waals surface area (Å²) in [5.41, 5.74) is 0. The third-order valence-corrected chi connectivity index (χ3v) is 8.18. The van der Waals surface area contributed by atoms with E-state index >= 15 is 0 Å². The van der Waals surface area contributed by atoms with Crippen LogP contribution in [0.2, 0.25) is 0 Å². The fourth-order valence-corrected chi connectivity index (χ4v) is 5.68. The van der Waals surface area contributed by atoms with Gasteiger partial charge in [0.2, 0.25) is 0 Å². The first-order valence-electron chi connectivity index (χ1n) is 5.73. The molecule has 1 amide bonds. The third-order valence-electron chi connectivity index (χ3n) is 3.32. The fraction of sp³-hybridized carbons (Fsp3) is 0.778. The van der Waals surface area contributed by atoms with Gasteiger partial charge >= 0.3 is 12.1 Å². The van der Waals surface area contributed by atoms with Crippen molar-refractivity contribution in [1.29, 1.82) is 0 Å². The average molecular weight is 398 g/mol. The highest BCUT2D eigenvalue weighted by molar-refractivity contribution is 7.93. The minimum Gasteiger partial charge on any atom is -0.480 e. The van der Waals surface area contributed by atoms with Gasteiger partial charge in [0.05, 0.1) is 11.0 Å². The van der Waals surface area contributed by atoms with Crippen molar-refractivity contribution in [2.75, 3.05) is 22.7 Å². The molecule has 0 bridgehead atoms. The number of alkyl halides is 2. The maximum absolute atomic E-state index is 12.0. The zero-order valence-corrected chi connectivity index (χ0v) is 14.1. The number of halogens is 2. The molecule has 22 heavy (non-hydrogen) atoms. The lowest BCUT2D eigenvalue weighted by molar-refractivity contribution is -0.142. The van der Waals surface area contributed by atoms with E-state index in [4.69, 9.17) is 33.4 Å². The molecule has 3 unspecified atom stereocenters. The topological polar surface area (TPSA) is 146 Å². The van der Waals surface area contributed by atoms with E-state index in [1.807, 2.05) is 0 Å². The summed E-state index contributed by atoms with van der Waals surface area (Å²) < 4.78 is 47.2. The Balaban J connectivity index is 3.37. The Morgan fingerprint density at radius 2 is 1.64 bits per heavy atom. The van der Waals surface area contributed by atoms with Crippen molar-refractivity contribution < 1.29 is 36.6 Å². The van der Waals surface area contributed by atoms with Gasteiger partial charge in [-0.1, -0.05) is 0 Å². The molecule has 1 aliphatic rings. The van der Waals surface area contributed by atoms with Crippen LogP contribution in [0.5, 0.6) is 0 Å². The number of carbonyl (C=O) groups is 2. The molecule has 0 radical (unpaired) electrons. The lowest BCUT2D eigenvalue weighted by atomic mass is 10.0. The fourth-order valence-electron chi connectivity index (χ4n) is 2.39. The van der Waals surface area contributed by atoms with Gasteiger partial charge in [0.1, 0.15) is 16.5 Å². The predicted octanol–water partition coefficient (Wildman–Crippen LogP) is -0.360. The monoisotopic (exact) mass is 397 g/mol. The van der Waals surface area contributed by atoms with E-state index in [-0.39, 0.29) is 0 Å². The Hall–Kier alpha value is -0.780. The predicted molar refractivity (Wildman–Crippen MR) is 77.6 cm³/mol. The summed E-state index contributed by atoms with van der Waals surface area (Å²) in [4.78, 5) is 22.8. The van der Waals surface area contributed by atoms with Gasteiger partial charge in [0, 0.05) is 12.5 Å². The van der Waals surface area contributed by atoms with Gasteiger partial charge in [-0.2, -0.15) is 0 Å². The van der Waals surface area contributed by atoms with Crippen molar-refractivity contribution in [2.45, 2.75) is 11.3 Å². The Labute approximate surface area is 136 Å². The number of carboxylic acids is 1. The zero-order valence-electron chi connectivity index (χ0n) is 10.9. The highest BCUT2D eigenvalue weighted by Crippen LogP contribution is 2.32. The second-order valence-corrected chi connectivity index (χ2v) is 10.2. The molecule has 13 heteroatoms. The SMILES string of the molecule is O=C(O)C1C(CS(=O)(=O)CCl)C(S(=O)(=O)CCl)CN1C(=O)O. The highest BCUT2D eigenvalue weighted by atomic mass is 35.5. The lowest BCUT2D eigenvalue weighted by Gasteiger charge is -2.22. The number of amides is 1. The van der Waals surface area contributed by atoms with Crippen LogP contribution in [-0.2, 0) is 24.5 Å². The van der Waals surface area contributed by atoms with E-state index in [0.717, 1.165) is 0 Å². The molecule has 1 aliphatic heterocycles. The molecule has 3 atom stereocenters. The lowest BCUT2D eigenvalue weighted by Crippen LogP contribution is -2.44. The second kappa shape index (κ2) is 6.77. The Morgan fingerprint density at radius 1 is 1.09 bits per heavy atom. The second-order valence-electron chi connectivity index (χ2n) is 4.71. The maximum Gasteiger partial charge on any atom is 0.408 e. The van der Waals surface area contributed by atoms with Gasteiger partial charge in [-0.3, -0.25) is 4.90 Å². The number of carboxylic acid groups (broad SMARTS) is 2. The number of rotatable bonds is 6. The van der Waals surface area contributed by atoms with Crippen LogP contribution in [0.1, 0.15) is 0 Å². The molecule has 0 aromatic rings. The van der Waals surface area contributed by atoms with Crippen molar-refractivity contribution in [2.24, 2.45) is 5.92 Å². The van der Waals surface area contributed by atoms with E-state index < -0.39 is 71.7 Å². The molecule has 0 aliphatic carbocycles. The first kappa shape index (κ1) is 19.3. The van der Waals surface area contributed by atoms with Crippen LogP contribution >= 0.6 is 23.2 Å². The number of aliphatic carboxylic acids is 1. The molecule has 0 saturated carbocycles. The van der Waals surface area contributed by atoms with Crippen LogP contribution in [0.25, 0.3) is 0 Å². The number of hydrogen-bond donors (Lipinski definition) is 2. The van der Waals surface area contributed by atoms with Crippen LogP contribution in [0.4, 0.5) is 4.79 Å². The van der Waals surface area contributed by atoms with Gasteiger partial charge < -0.3 is 10.2 Å². The quantitative estimate of drug-likeness (QED) is 0.577. The molecule has 0 spiro atoms. The van der Waals surface area contributed by atoms with E-state index in [9.17, 15) is 26.4 Å². The molecule has 128 valence electrons. The van der Waals surface area contributed by atoms with Crippen molar-refractivity contribution in [1.82, 2.24) is 4.90 Å². The molecule has 1 fully saturated rings. The number of nitrogens with zero attached hydrogens (tertiary/aromatic N) is 1. The Bertz CT molecular complexity index is 661. The molecule has 9 nitrogen and oxygen atoms in total. The van der Waals surface area contributed by atoms with Crippen LogP contribution in [0.3, 0.4) is 0 Å². The summed E-state index contributed by atoms with van der Waals surface area (Å²) in [7, 11) is -8.02. The third kappa shape index (κ3) is 3.94. The van der Waals surface area contributed by atoms with E-state index in [1.165, 1.54) is 0 Å². The van der Waals surface area contributed by atoms with Gasteiger partial charge in [-0.15, -0.1) is 23.2 Å². The van der Waals surface area contributed by atoms with Crippen LogP contribution in [0.15, 0.2) is 0 Å². The molecule has 1 heterocycles. The molecule has 1 rings (SSSR count). The summed E-state index contributed by atoms with van der Waals surface area (Å²) in [6.45, 7) is -0.663. The van der Waals surface area contributed by atoms with E-state index in [0.29, 0.717) is 4.90 Å². The molecular weight excluding hydrogens is 385 g/mol. The first-order valence-corrected chi connectivity index (χ1v) is 10.3. The maximum atomic E-state index is 12.0. The summed E-state index contributed by atoms with van der Waals surface area (Å²) in [5.74, 6) is -3.98. The molecular formula is C9H13Cl2NO8S2. The van der Waals surface area contributed by atoms with Gasteiger partial charge in [-0.05, 0) is 0 Å². The minimum absolute atomic E-state index is 0.394. The Kier molecular flexibility index (Phi) is 5.93. The van der Waals surface area contributed by atoms with Crippen molar-refractivity contribution in [3.8, 4) is 0 Å². The van der Waals surface area contributed by atoms with E-state index in [2.05, 4.69) is 0 Å². The van der Waals surface area contributed by atoms with Crippen LogP contribution < -0.4 is 0 Å². The first-order chi connectivity index (χ1) is 9.96. The average Bonchev–Trinajstić information content (AvgIpc) is 2.78. The van der Waals surface area contributed by atoms with Gasteiger partial charge in [0.15, 0.2) is 19.7 Å². The molecule has 2 N–H and O–H groups in total. The summed E-state index contributed by atoms with van der Waals surface area (Å²) in [6, 6.07) is -1.81. The van der Waals surface area contributed by atoms with Crippen LogP contribution in [0, 0.1) is 5.92 Å². The van der Waals surface area contributed by atoms with Gasteiger partial charge in [0.25, 0.3) is 0 Å². The van der Waals surface area contributed by atoms with E-state index in [1.54, 1.807) is 0 Å². The normalized spacial score (nSPS) is 26.1. The highest BCUT2D eigenvalue weighted by Gasteiger charge is 2.53. The summed E-state index contributed by atoms with van der Waals surface area (Å²) >= 11 is 10.6. The van der Waals surface area contributed by atoms with Crippen molar-refractivity contribution in [3.63, 3.8) is 0 Å². The standard InChI is InChI=1S/C9H13Cl2NO8S2/c10-3-21(17,18)2-5-6(22(19,20)4-11)1-12(9(15)16)7(5)8(13)14/h5-7H,1-4H2,(H,13,14)(H,15,16). The smallest absolute Gasteiger partial charge is 0.408 e.